The van der Waals surface area contributed by atoms with Crippen molar-refractivity contribution in [2.75, 3.05) is 6.61 Å². The summed E-state index contributed by atoms with van der Waals surface area (Å²) < 4.78 is 11.1. The van der Waals surface area contributed by atoms with Crippen LogP contribution < -0.4 is 10.4 Å². The minimum atomic E-state index is -1.23. The number of aromatic carboxylic acids is 1. The molecule has 0 fully saturated rings. The first-order valence-electron chi connectivity index (χ1n) is 10.2. The maximum atomic E-state index is 12.3. The monoisotopic (exact) mass is 412 g/mol. The van der Waals surface area contributed by atoms with E-state index in [2.05, 4.69) is 0 Å². The van der Waals surface area contributed by atoms with Gasteiger partial charge in [0.1, 0.15) is 30.3 Å². The van der Waals surface area contributed by atoms with Gasteiger partial charge in [0.15, 0.2) is 0 Å². The summed E-state index contributed by atoms with van der Waals surface area (Å²) in [5.41, 5.74) is 2.72. The molecule has 0 spiro atoms. The molecule has 0 radical (unpaired) electrons. The fourth-order valence-electron chi connectivity index (χ4n) is 4.24. The molecule has 0 bridgehead atoms. The number of benzene rings is 1. The molecule has 0 saturated carbocycles. The van der Waals surface area contributed by atoms with Gasteiger partial charge in [0.25, 0.3) is 0 Å². The van der Waals surface area contributed by atoms with Crippen molar-refractivity contribution in [3.63, 3.8) is 0 Å². The Hall–Kier alpha value is -2.90. The third kappa shape index (κ3) is 3.91. The highest BCUT2D eigenvalue weighted by atomic mass is 16.5. The summed E-state index contributed by atoms with van der Waals surface area (Å²) in [6, 6.07) is 5.95. The van der Waals surface area contributed by atoms with Gasteiger partial charge >= 0.3 is 11.6 Å². The van der Waals surface area contributed by atoms with Crippen LogP contribution in [0.25, 0.3) is 5.57 Å². The number of hydrogen-bond donors (Lipinski definition) is 3. The van der Waals surface area contributed by atoms with Crippen LogP contribution in [0.3, 0.4) is 0 Å². The first kappa shape index (κ1) is 20.4. The Morgan fingerprint density at radius 1 is 1.13 bits per heavy atom. The van der Waals surface area contributed by atoms with Crippen LogP contribution in [0.5, 0.6) is 5.75 Å². The van der Waals surface area contributed by atoms with Gasteiger partial charge in [0.2, 0.25) is 0 Å². The maximum absolute atomic E-state index is 12.3. The molecule has 1 aromatic carbocycles. The van der Waals surface area contributed by atoms with Gasteiger partial charge in [0, 0.05) is 17.5 Å². The van der Waals surface area contributed by atoms with Crippen molar-refractivity contribution in [1.82, 2.24) is 0 Å². The van der Waals surface area contributed by atoms with Crippen LogP contribution >= 0.6 is 0 Å². The van der Waals surface area contributed by atoms with E-state index >= 15 is 0 Å². The smallest absolute Gasteiger partial charge is 0.339 e. The van der Waals surface area contributed by atoms with E-state index in [1.165, 1.54) is 12.1 Å². The Morgan fingerprint density at radius 3 is 2.67 bits per heavy atom. The standard InChI is InChI=1S/C23H24O7/c24-18(12-29-14-6-3-5-13(11-14)22(26)27)21(25)17-9-4-10-19-20(17)15-7-1-2-8-16(15)23(28)30-19/h3,5-6,9,11,18,21,24-25H,1-2,4,7-8,10,12H2,(H,26,27). The molecule has 0 saturated heterocycles. The Morgan fingerprint density at radius 2 is 1.90 bits per heavy atom. The maximum Gasteiger partial charge on any atom is 0.339 e. The lowest BCUT2D eigenvalue weighted by Gasteiger charge is -2.28. The zero-order chi connectivity index (χ0) is 21.3. The van der Waals surface area contributed by atoms with E-state index in [1.807, 2.05) is 6.08 Å². The Labute approximate surface area is 173 Å². The van der Waals surface area contributed by atoms with Crippen LogP contribution in [0.15, 0.2) is 39.6 Å². The Kier molecular flexibility index (Phi) is 5.74. The summed E-state index contributed by atoms with van der Waals surface area (Å²) in [6.45, 7) is -0.212. The van der Waals surface area contributed by atoms with E-state index in [4.69, 9.17) is 14.3 Å². The number of carboxylic acid groups (broad SMARTS) is 1. The number of aliphatic hydroxyl groups excluding tert-OH is 2. The van der Waals surface area contributed by atoms with Crippen LogP contribution in [0, 0.1) is 0 Å². The molecule has 1 aromatic heterocycles. The van der Waals surface area contributed by atoms with Crippen molar-refractivity contribution >= 4 is 11.5 Å². The predicted octanol–water partition coefficient (Wildman–Crippen LogP) is 2.35. The van der Waals surface area contributed by atoms with Crippen molar-refractivity contribution in [2.24, 2.45) is 0 Å². The SMILES string of the molecule is O=C(O)c1cccc(OCC(O)C(O)C2=CCCc3oc(=O)c4c(c32)CCCC4)c1. The molecule has 2 aromatic rings. The molecule has 3 N–H and O–H groups in total. The summed E-state index contributed by atoms with van der Waals surface area (Å²) >= 11 is 0. The summed E-state index contributed by atoms with van der Waals surface area (Å²) in [6.07, 6.45) is 3.95. The molecule has 0 amide bonds. The van der Waals surface area contributed by atoms with E-state index in [0.29, 0.717) is 41.9 Å². The second-order valence-electron chi connectivity index (χ2n) is 7.71. The molecule has 158 valence electrons. The van der Waals surface area contributed by atoms with Gasteiger partial charge < -0.3 is 24.5 Å². The van der Waals surface area contributed by atoms with Crippen molar-refractivity contribution < 1.29 is 29.3 Å². The van der Waals surface area contributed by atoms with Gasteiger partial charge in [-0.15, -0.1) is 0 Å². The van der Waals surface area contributed by atoms with E-state index in [-0.39, 0.29) is 17.8 Å². The molecule has 0 aliphatic heterocycles. The van der Waals surface area contributed by atoms with Crippen LogP contribution in [0.1, 0.15) is 52.1 Å². The van der Waals surface area contributed by atoms with Gasteiger partial charge in [0.05, 0.1) is 5.56 Å². The summed E-state index contributed by atoms with van der Waals surface area (Å²) in [4.78, 5) is 23.4. The van der Waals surface area contributed by atoms with Crippen molar-refractivity contribution in [3.05, 3.63) is 68.8 Å². The molecule has 2 atom stereocenters. The van der Waals surface area contributed by atoms with Crippen LogP contribution in [-0.2, 0) is 19.3 Å². The van der Waals surface area contributed by atoms with Crippen molar-refractivity contribution in [3.8, 4) is 5.75 Å². The number of rotatable bonds is 6. The number of aliphatic hydroxyl groups is 2. The lowest BCUT2D eigenvalue weighted by molar-refractivity contribution is 0.0210. The zero-order valence-corrected chi connectivity index (χ0v) is 16.5. The van der Waals surface area contributed by atoms with E-state index in [9.17, 15) is 19.8 Å². The number of fused-ring (bicyclic) bond motifs is 3. The highest BCUT2D eigenvalue weighted by Gasteiger charge is 2.31. The van der Waals surface area contributed by atoms with Gasteiger partial charge in [-0.2, -0.15) is 0 Å². The van der Waals surface area contributed by atoms with Crippen LogP contribution in [-0.4, -0.2) is 40.1 Å². The topological polar surface area (TPSA) is 117 Å². The highest BCUT2D eigenvalue weighted by molar-refractivity contribution is 5.88. The Bertz CT molecular complexity index is 1050. The lowest BCUT2D eigenvalue weighted by atomic mass is 9.81. The molecule has 7 nitrogen and oxygen atoms in total. The number of ether oxygens (including phenoxy) is 1. The molecule has 2 aliphatic carbocycles. The second-order valence-corrected chi connectivity index (χ2v) is 7.71. The summed E-state index contributed by atoms with van der Waals surface area (Å²) in [5.74, 6) is -0.210. The molecular formula is C23H24O7. The number of aryl methyl sites for hydroxylation is 1. The molecule has 30 heavy (non-hydrogen) atoms. The second kappa shape index (κ2) is 8.45. The number of allylic oxidation sites excluding steroid dienone is 1. The van der Waals surface area contributed by atoms with E-state index < -0.39 is 18.2 Å². The molecule has 4 rings (SSSR count). The van der Waals surface area contributed by atoms with E-state index in [1.54, 1.807) is 12.1 Å². The number of hydrogen-bond acceptors (Lipinski definition) is 6. The average Bonchev–Trinajstić information content (AvgIpc) is 2.77. The summed E-state index contributed by atoms with van der Waals surface area (Å²) in [7, 11) is 0. The van der Waals surface area contributed by atoms with E-state index in [0.717, 1.165) is 30.4 Å². The van der Waals surface area contributed by atoms with Gasteiger partial charge in [-0.1, -0.05) is 12.1 Å². The van der Waals surface area contributed by atoms with Crippen LogP contribution in [0.2, 0.25) is 0 Å². The first-order chi connectivity index (χ1) is 14.5. The molecular weight excluding hydrogens is 388 g/mol. The van der Waals surface area contributed by atoms with Crippen LogP contribution in [0.4, 0.5) is 0 Å². The van der Waals surface area contributed by atoms with Gasteiger partial charge in [-0.25, -0.2) is 9.59 Å². The largest absolute Gasteiger partial charge is 0.491 e. The Balaban J connectivity index is 1.55. The van der Waals surface area contributed by atoms with Crippen molar-refractivity contribution in [1.29, 1.82) is 0 Å². The zero-order valence-electron chi connectivity index (χ0n) is 16.5. The molecule has 7 heteroatoms. The number of carbonyl (C=O) groups is 1. The molecule has 1 heterocycles. The molecule has 2 aliphatic rings. The third-order valence-corrected chi connectivity index (χ3v) is 5.72. The number of carboxylic acids is 1. The fourth-order valence-corrected chi connectivity index (χ4v) is 4.24. The third-order valence-electron chi connectivity index (χ3n) is 5.72. The molecule has 2 unspecified atom stereocenters. The lowest BCUT2D eigenvalue weighted by Crippen LogP contribution is -2.34. The normalized spacial score (nSPS) is 17.3. The highest BCUT2D eigenvalue weighted by Crippen LogP contribution is 2.36. The quantitative estimate of drug-likeness (QED) is 0.667. The minimum absolute atomic E-state index is 0.0770. The van der Waals surface area contributed by atoms with Gasteiger partial charge in [-0.3, -0.25) is 0 Å². The average molecular weight is 412 g/mol. The van der Waals surface area contributed by atoms with Crippen molar-refractivity contribution in [2.45, 2.75) is 50.7 Å². The van der Waals surface area contributed by atoms with Gasteiger partial charge in [-0.05, 0) is 61.4 Å². The predicted molar refractivity (Wildman–Crippen MR) is 109 cm³/mol. The minimum Gasteiger partial charge on any atom is -0.491 e. The fraction of sp³-hybridized carbons (Fsp3) is 0.391. The first-order valence-corrected chi connectivity index (χ1v) is 10.2. The summed E-state index contributed by atoms with van der Waals surface area (Å²) in [5, 5.41) is 30.5.